The van der Waals surface area contributed by atoms with Gasteiger partial charge in [0.15, 0.2) is 0 Å². The molecule has 1 N–H and O–H groups in total. The van der Waals surface area contributed by atoms with E-state index in [4.69, 9.17) is 0 Å². The number of sulfonamides is 1. The van der Waals surface area contributed by atoms with E-state index in [9.17, 15) is 13.2 Å². The number of amides is 1. The fourth-order valence-corrected chi connectivity index (χ4v) is 4.82. The van der Waals surface area contributed by atoms with E-state index in [2.05, 4.69) is 18.6 Å². The number of anilines is 2. The summed E-state index contributed by atoms with van der Waals surface area (Å²) in [5, 5.41) is 0. The van der Waals surface area contributed by atoms with Gasteiger partial charge in [-0.1, -0.05) is 32.0 Å². The molecule has 6 heteroatoms. The van der Waals surface area contributed by atoms with Gasteiger partial charge in [-0.05, 0) is 55.2 Å². The average molecular weight is 385 g/mol. The van der Waals surface area contributed by atoms with Gasteiger partial charge in [0.05, 0.1) is 10.6 Å². The number of benzene rings is 2. The molecule has 0 spiro atoms. The molecule has 1 aliphatic heterocycles. The molecule has 0 bridgehead atoms. The van der Waals surface area contributed by atoms with Gasteiger partial charge in [-0.15, -0.1) is 0 Å². The number of carbonyl (C=O) groups is 1. The van der Waals surface area contributed by atoms with Crippen LogP contribution in [-0.4, -0.2) is 20.9 Å². The van der Waals surface area contributed by atoms with E-state index < -0.39 is 10.0 Å². The van der Waals surface area contributed by atoms with E-state index in [1.165, 1.54) is 0 Å². The maximum absolute atomic E-state index is 12.9. The Morgan fingerprint density at radius 2 is 1.85 bits per heavy atom. The number of para-hydroxylation sites is 1. The SMILES string of the molecule is Cc1ccccc1NS(=O)(=O)c1ccc2c(c1)C(C)(C)CN2C(=O)C1CC1. The Balaban J connectivity index is 1.70. The molecule has 2 aliphatic rings. The number of aryl methyl sites for hydroxylation is 1. The van der Waals surface area contributed by atoms with Crippen molar-refractivity contribution in [2.45, 2.75) is 43.9 Å². The maximum Gasteiger partial charge on any atom is 0.261 e. The van der Waals surface area contributed by atoms with E-state index >= 15 is 0 Å². The maximum atomic E-state index is 12.9. The number of nitrogens with zero attached hydrogens (tertiary/aromatic N) is 1. The lowest BCUT2D eigenvalue weighted by Gasteiger charge is -2.20. The summed E-state index contributed by atoms with van der Waals surface area (Å²) >= 11 is 0. The second-order valence-corrected chi connectivity index (χ2v) is 9.86. The lowest BCUT2D eigenvalue weighted by Crippen LogP contribution is -2.34. The molecule has 1 fully saturated rings. The molecule has 1 heterocycles. The van der Waals surface area contributed by atoms with Crippen LogP contribution >= 0.6 is 0 Å². The third-order valence-corrected chi connectivity index (χ3v) is 6.80. The van der Waals surface area contributed by atoms with Crippen LogP contribution in [-0.2, 0) is 20.2 Å². The van der Waals surface area contributed by atoms with Crippen LogP contribution in [0.15, 0.2) is 47.4 Å². The van der Waals surface area contributed by atoms with E-state index in [-0.39, 0.29) is 22.1 Å². The standard InChI is InChI=1S/C21H24N2O3S/c1-14-6-4-5-7-18(14)22-27(25,26)16-10-11-19-17(12-16)21(2,3)13-23(19)20(24)15-8-9-15/h4-7,10-12,15,22H,8-9,13H2,1-3H3. The molecule has 0 radical (unpaired) electrons. The summed E-state index contributed by atoms with van der Waals surface area (Å²) < 4.78 is 28.5. The van der Waals surface area contributed by atoms with Crippen molar-refractivity contribution in [3.63, 3.8) is 0 Å². The van der Waals surface area contributed by atoms with Crippen molar-refractivity contribution in [3.8, 4) is 0 Å². The van der Waals surface area contributed by atoms with Crippen LogP contribution in [0.3, 0.4) is 0 Å². The zero-order chi connectivity index (χ0) is 19.4. The second-order valence-electron chi connectivity index (χ2n) is 8.18. The van der Waals surface area contributed by atoms with E-state index in [0.717, 1.165) is 29.7 Å². The lowest BCUT2D eigenvalue weighted by molar-refractivity contribution is -0.119. The van der Waals surface area contributed by atoms with Crippen molar-refractivity contribution in [1.29, 1.82) is 0 Å². The highest BCUT2D eigenvalue weighted by molar-refractivity contribution is 7.92. The monoisotopic (exact) mass is 384 g/mol. The summed E-state index contributed by atoms with van der Waals surface area (Å²) in [4.78, 5) is 14.7. The van der Waals surface area contributed by atoms with Crippen molar-refractivity contribution in [2.75, 3.05) is 16.2 Å². The topological polar surface area (TPSA) is 66.5 Å². The molecule has 0 unspecified atom stereocenters. The lowest BCUT2D eigenvalue weighted by atomic mass is 9.87. The molecule has 1 aliphatic carbocycles. The number of nitrogens with one attached hydrogen (secondary N) is 1. The van der Waals surface area contributed by atoms with Gasteiger partial charge in [-0.25, -0.2) is 8.42 Å². The minimum atomic E-state index is -3.70. The molecule has 142 valence electrons. The highest BCUT2D eigenvalue weighted by Gasteiger charge is 2.43. The van der Waals surface area contributed by atoms with Crippen molar-refractivity contribution in [2.24, 2.45) is 5.92 Å². The Kier molecular flexibility index (Phi) is 4.07. The molecule has 1 saturated carbocycles. The first-order valence-corrected chi connectivity index (χ1v) is 10.7. The first-order chi connectivity index (χ1) is 12.7. The Morgan fingerprint density at radius 1 is 1.15 bits per heavy atom. The minimum absolute atomic E-state index is 0.137. The number of hydrogen-bond acceptors (Lipinski definition) is 3. The van der Waals surface area contributed by atoms with Gasteiger partial charge in [0.2, 0.25) is 5.91 Å². The molecule has 0 aromatic heterocycles. The smallest absolute Gasteiger partial charge is 0.261 e. The molecule has 27 heavy (non-hydrogen) atoms. The molecule has 2 aromatic carbocycles. The Morgan fingerprint density at radius 3 is 2.52 bits per heavy atom. The van der Waals surface area contributed by atoms with Gasteiger partial charge < -0.3 is 4.90 Å². The predicted molar refractivity (Wildman–Crippen MR) is 107 cm³/mol. The van der Waals surface area contributed by atoms with E-state index in [1.807, 2.05) is 24.0 Å². The minimum Gasteiger partial charge on any atom is -0.311 e. The van der Waals surface area contributed by atoms with Gasteiger partial charge >= 0.3 is 0 Å². The van der Waals surface area contributed by atoms with Crippen molar-refractivity contribution >= 4 is 27.3 Å². The Hall–Kier alpha value is -2.34. The average Bonchev–Trinajstić information content (AvgIpc) is 3.42. The Labute approximate surface area is 160 Å². The fourth-order valence-electron chi connectivity index (χ4n) is 3.66. The van der Waals surface area contributed by atoms with Crippen LogP contribution in [0.1, 0.15) is 37.8 Å². The molecular formula is C21H24N2O3S. The molecule has 4 rings (SSSR count). The van der Waals surface area contributed by atoms with E-state index in [0.29, 0.717) is 12.2 Å². The van der Waals surface area contributed by atoms with E-state index in [1.54, 1.807) is 30.3 Å². The van der Waals surface area contributed by atoms with Gasteiger partial charge in [-0.3, -0.25) is 9.52 Å². The quantitative estimate of drug-likeness (QED) is 0.871. The van der Waals surface area contributed by atoms with Gasteiger partial charge in [0.1, 0.15) is 0 Å². The van der Waals surface area contributed by atoms with Crippen LogP contribution in [0, 0.1) is 12.8 Å². The molecule has 1 amide bonds. The summed E-state index contributed by atoms with van der Waals surface area (Å²) in [5.74, 6) is 0.299. The zero-order valence-electron chi connectivity index (χ0n) is 15.8. The first-order valence-electron chi connectivity index (χ1n) is 9.23. The largest absolute Gasteiger partial charge is 0.311 e. The van der Waals surface area contributed by atoms with Crippen LogP contribution in [0.5, 0.6) is 0 Å². The molecule has 0 saturated heterocycles. The van der Waals surface area contributed by atoms with Crippen LogP contribution in [0.2, 0.25) is 0 Å². The summed E-state index contributed by atoms with van der Waals surface area (Å²) in [6, 6.07) is 12.4. The third kappa shape index (κ3) is 3.23. The third-order valence-electron chi connectivity index (χ3n) is 5.43. The summed E-state index contributed by atoms with van der Waals surface area (Å²) in [6.07, 6.45) is 1.91. The predicted octanol–water partition coefficient (Wildman–Crippen LogP) is 3.83. The fraction of sp³-hybridized carbons (Fsp3) is 0.381. The van der Waals surface area contributed by atoms with Gasteiger partial charge in [0, 0.05) is 23.6 Å². The second kappa shape index (κ2) is 6.09. The van der Waals surface area contributed by atoms with Crippen LogP contribution in [0.4, 0.5) is 11.4 Å². The molecule has 0 atom stereocenters. The normalized spacial score (nSPS) is 18.3. The molecule has 2 aromatic rings. The zero-order valence-corrected chi connectivity index (χ0v) is 16.6. The van der Waals surface area contributed by atoms with Crippen molar-refractivity contribution in [1.82, 2.24) is 0 Å². The number of rotatable bonds is 4. The Bertz CT molecular complexity index is 1020. The first kappa shape index (κ1) is 18.0. The molecule has 5 nitrogen and oxygen atoms in total. The van der Waals surface area contributed by atoms with Gasteiger partial charge in [-0.2, -0.15) is 0 Å². The number of carbonyl (C=O) groups excluding carboxylic acids is 1. The van der Waals surface area contributed by atoms with Gasteiger partial charge in [0.25, 0.3) is 10.0 Å². The van der Waals surface area contributed by atoms with Crippen molar-refractivity contribution < 1.29 is 13.2 Å². The van der Waals surface area contributed by atoms with Crippen LogP contribution in [0.25, 0.3) is 0 Å². The number of fused-ring (bicyclic) bond motifs is 1. The number of hydrogen-bond donors (Lipinski definition) is 1. The highest BCUT2D eigenvalue weighted by Crippen LogP contribution is 2.44. The summed E-state index contributed by atoms with van der Waals surface area (Å²) in [7, 11) is -3.70. The summed E-state index contributed by atoms with van der Waals surface area (Å²) in [5.41, 5.74) is 2.90. The van der Waals surface area contributed by atoms with Crippen LogP contribution < -0.4 is 9.62 Å². The molecular weight excluding hydrogens is 360 g/mol. The highest BCUT2D eigenvalue weighted by atomic mass is 32.2. The summed E-state index contributed by atoms with van der Waals surface area (Å²) in [6.45, 7) is 6.56. The van der Waals surface area contributed by atoms with Crippen molar-refractivity contribution in [3.05, 3.63) is 53.6 Å².